The molecule has 0 saturated heterocycles. The van der Waals surface area contributed by atoms with E-state index in [-0.39, 0.29) is 0 Å². The molecule has 9 aromatic carbocycles. The van der Waals surface area contributed by atoms with Crippen LogP contribution in [0.2, 0.25) is 0 Å². The van der Waals surface area contributed by atoms with Crippen LogP contribution in [0.5, 0.6) is 0 Å². The number of hydrogen-bond donors (Lipinski definition) is 0. The number of anilines is 3. The van der Waals surface area contributed by atoms with E-state index >= 15 is 0 Å². The number of fused-ring (bicyclic) bond motifs is 3. The summed E-state index contributed by atoms with van der Waals surface area (Å²) in [7, 11) is 0. The first-order valence-electron chi connectivity index (χ1n) is 19.2. The summed E-state index contributed by atoms with van der Waals surface area (Å²) in [5.74, 6) is 0. The topological polar surface area (TPSA) is 8.17 Å². The highest BCUT2D eigenvalue weighted by atomic mass is 15.1. The lowest BCUT2D eigenvalue weighted by Gasteiger charge is -2.27. The van der Waals surface area contributed by atoms with Crippen LogP contribution in [0.25, 0.3) is 72.0 Å². The van der Waals surface area contributed by atoms with Gasteiger partial charge in [0.05, 0.1) is 11.0 Å². The first-order chi connectivity index (χ1) is 27.8. The number of nitrogens with zero attached hydrogens (tertiary/aromatic N) is 2. The van der Waals surface area contributed by atoms with E-state index in [0.29, 0.717) is 0 Å². The van der Waals surface area contributed by atoms with Gasteiger partial charge in [0.15, 0.2) is 0 Å². The van der Waals surface area contributed by atoms with Gasteiger partial charge in [0, 0.05) is 33.5 Å². The van der Waals surface area contributed by atoms with Gasteiger partial charge in [-0.25, -0.2) is 0 Å². The van der Waals surface area contributed by atoms with E-state index in [1.807, 2.05) is 0 Å². The van der Waals surface area contributed by atoms with Gasteiger partial charge in [-0.2, -0.15) is 0 Å². The Balaban J connectivity index is 1.06. The van der Waals surface area contributed by atoms with Gasteiger partial charge in [0.1, 0.15) is 0 Å². The maximum atomic E-state index is 2.38. The highest BCUT2D eigenvalue weighted by Crippen LogP contribution is 2.41. The fourth-order valence-corrected chi connectivity index (χ4v) is 8.02. The van der Waals surface area contributed by atoms with Gasteiger partial charge in [0.2, 0.25) is 0 Å². The molecular weight excluding hydrogens is 677 g/mol. The van der Waals surface area contributed by atoms with Crippen molar-refractivity contribution >= 4 is 38.9 Å². The Morgan fingerprint density at radius 1 is 0.250 bits per heavy atom. The molecule has 0 amide bonds. The van der Waals surface area contributed by atoms with Crippen LogP contribution in [-0.2, 0) is 0 Å². The van der Waals surface area contributed by atoms with Crippen molar-refractivity contribution in [3.05, 3.63) is 231 Å². The van der Waals surface area contributed by atoms with Crippen LogP contribution in [0.15, 0.2) is 231 Å². The Morgan fingerprint density at radius 2 is 0.589 bits per heavy atom. The Bertz CT molecular complexity index is 2800. The first-order valence-corrected chi connectivity index (χ1v) is 19.2. The zero-order valence-electron chi connectivity index (χ0n) is 30.8. The second-order valence-corrected chi connectivity index (χ2v) is 14.2. The SMILES string of the molecule is c1ccc(-c2ccc(N(c3ccc(-c4ccc(-n5c6ccccc6c6ccccc65)cc4)cc3)c3cc(-c4ccccc4)cc(-c4ccccc4)c3)cc2)cc1. The van der Waals surface area contributed by atoms with Crippen LogP contribution in [0, 0.1) is 0 Å². The van der Waals surface area contributed by atoms with Crippen molar-refractivity contribution in [1.29, 1.82) is 0 Å². The molecule has 0 unspecified atom stereocenters. The van der Waals surface area contributed by atoms with E-state index < -0.39 is 0 Å². The normalized spacial score (nSPS) is 11.2. The third-order valence-corrected chi connectivity index (χ3v) is 10.8. The minimum Gasteiger partial charge on any atom is -0.310 e. The fourth-order valence-electron chi connectivity index (χ4n) is 8.02. The molecule has 0 spiro atoms. The molecule has 10 rings (SSSR count). The molecular formula is C54H38N2. The molecule has 0 saturated carbocycles. The van der Waals surface area contributed by atoms with Gasteiger partial charge in [-0.15, -0.1) is 0 Å². The van der Waals surface area contributed by atoms with E-state index in [2.05, 4.69) is 240 Å². The number of aromatic nitrogens is 1. The molecule has 0 fully saturated rings. The number of benzene rings is 9. The maximum absolute atomic E-state index is 2.38. The summed E-state index contributed by atoms with van der Waals surface area (Å²) in [6.45, 7) is 0. The van der Waals surface area contributed by atoms with Crippen molar-refractivity contribution in [2.24, 2.45) is 0 Å². The molecule has 0 N–H and O–H groups in total. The lowest BCUT2D eigenvalue weighted by atomic mass is 9.97. The second-order valence-electron chi connectivity index (χ2n) is 14.2. The Hall–Kier alpha value is -7.42. The molecule has 2 nitrogen and oxygen atoms in total. The summed E-state index contributed by atoms with van der Waals surface area (Å²) < 4.78 is 2.37. The molecule has 0 aliphatic carbocycles. The fraction of sp³-hybridized carbons (Fsp3) is 0. The summed E-state index contributed by atoms with van der Waals surface area (Å²) in [6, 6.07) is 83.0. The second kappa shape index (κ2) is 14.4. The third-order valence-electron chi connectivity index (χ3n) is 10.8. The van der Waals surface area contributed by atoms with Crippen LogP contribution in [0.3, 0.4) is 0 Å². The van der Waals surface area contributed by atoms with Crippen molar-refractivity contribution in [2.45, 2.75) is 0 Å². The van der Waals surface area contributed by atoms with E-state index in [4.69, 9.17) is 0 Å². The third kappa shape index (κ3) is 6.24. The average Bonchev–Trinajstić information content (AvgIpc) is 3.62. The molecule has 2 heteroatoms. The van der Waals surface area contributed by atoms with Crippen LogP contribution in [0.1, 0.15) is 0 Å². The van der Waals surface area contributed by atoms with Gasteiger partial charge in [-0.05, 0) is 111 Å². The Morgan fingerprint density at radius 3 is 1.02 bits per heavy atom. The van der Waals surface area contributed by atoms with Crippen molar-refractivity contribution in [3.8, 4) is 50.2 Å². The zero-order valence-corrected chi connectivity index (χ0v) is 30.8. The van der Waals surface area contributed by atoms with Crippen LogP contribution < -0.4 is 4.90 Å². The smallest absolute Gasteiger partial charge is 0.0541 e. The number of rotatable bonds is 8. The van der Waals surface area contributed by atoms with Crippen molar-refractivity contribution < 1.29 is 0 Å². The van der Waals surface area contributed by atoms with Gasteiger partial charge < -0.3 is 9.47 Å². The predicted octanol–water partition coefficient (Wildman–Crippen LogP) is 14.9. The molecule has 264 valence electrons. The van der Waals surface area contributed by atoms with Crippen molar-refractivity contribution in [3.63, 3.8) is 0 Å². The monoisotopic (exact) mass is 714 g/mol. The van der Waals surface area contributed by atoms with Crippen molar-refractivity contribution in [1.82, 2.24) is 4.57 Å². The van der Waals surface area contributed by atoms with E-state index in [0.717, 1.165) is 22.7 Å². The first kappa shape index (κ1) is 33.2. The molecule has 56 heavy (non-hydrogen) atoms. The van der Waals surface area contributed by atoms with Gasteiger partial charge in [-0.3, -0.25) is 0 Å². The minimum atomic E-state index is 1.09. The summed E-state index contributed by atoms with van der Waals surface area (Å²) in [5, 5.41) is 2.54. The molecule has 0 bridgehead atoms. The predicted molar refractivity (Wildman–Crippen MR) is 237 cm³/mol. The van der Waals surface area contributed by atoms with E-state index in [1.165, 1.54) is 66.3 Å². The van der Waals surface area contributed by atoms with Gasteiger partial charge in [-0.1, -0.05) is 164 Å². The van der Waals surface area contributed by atoms with Crippen LogP contribution in [-0.4, -0.2) is 4.57 Å². The zero-order chi connectivity index (χ0) is 37.3. The standard InChI is InChI=1S/C54H38N2/c1-4-14-39(15-5-1)42-24-30-47(31-25-42)55(50-37-45(40-16-6-2-7-17-40)36-46(38-50)41-18-8-3-9-19-41)48-32-26-43(27-33-48)44-28-34-49(35-29-44)56-53-22-12-10-20-51(53)52-21-11-13-23-54(52)56/h1-38H. The lowest BCUT2D eigenvalue weighted by molar-refractivity contribution is 1.18. The lowest BCUT2D eigenvalue weighted by Crippen LogP contribution is -2.10. The molecule has 10 aromatic rings. The van der Waals surface area contributed by atoms with Crippen molar-refractivity contribution in [2.75, 3.05) is 4.90 Å². The Labute approximate surface area is 327 Å². The Kier molecular flexibility index (Phi) is 8.55. The molecule has 0 aliphatic heterocycles. The average molecular weight is 715 g/mol. The van der Waals surface area contributed by atoms with Crippen LogP contribution in [0.4, 0.5) is 17.1 Å². The van der Waals surface area contributed by atoms with Gasteiger partial charge >= 0.3 is 0 Å². The summed E-state index contributed by atoms with van der Waals surface area (Å²) >= 11 is 0. The highest BCUT2D eigenvalue weighted by Gasteiger charge is 2.17. The summed E-state index contributed by atoms with van der Waals surface area (Å²) in [6.07, 6.45) is 0. The van der Waals surface area contributed by atoms with E-state index in [1.54, 1.807) is 0 Å². The molecule has 1 aromatic heterocycles. The summed E-state index contributed by atoms with van der Waals surface area (Å²) in [4.78, 5) is 2.38. The molecule has 0 atom stereocenters. The molecule has 1 heterocycles. The largest absolute Gasteiger partial charge is 0.310 e. The van der Waals surface area contributed by atoms with Gasteiger partial charge in [0.25, 0.3) is 0 Å². The minimum absolute atomic E-state index is 1.09. The molecule has 0 radical (unpaired) electrons. The number of hydrogen-bond acceptors (Lipinski definition) is 1. The van der Waals surface area contributed by atoms with E-state index in [9.17, 15) is 0 Å². The van der Waals surface area contributed by atoms with Crippen LogP contribution >= 0.6 is 0 Å². The summed E-state index contributed by atoms with van der Waals surface area (Å²) in [5.41, 5.74) is 16.3. The molecule has 0 aliphatic rings. The quantitative estimate of drug-likeness (QED) is 0.152. The highest BCUT2D eigenvalue weighted by molar-refractivity contribution is 6.09. The maximum Gasteiger partial charge on any atom is 0.0541 e. The number of para-hydroxylation sites is 2.